The van der Waals surface area contributed by atoms with Crippen molar-refractivity contribution >= 4 is 17.5 Å². The number of oxime groups is 1. The normalized spacial score (nSPS) is 17.5. The summed E-state index contributed by atoms with van der Waals surface area (Å²) in [6.45, 7) is 4.29. The van der Waals surface area contributed by atoms with E-state index < -0.39 is 17.4 Å². The van der Waals surface area contributed by atoms with E-state index in [1.54, 1.807) is 24.3 Å². The van der Waals surface area contributed by atoms with E-state index in [-0.39, 0.29) is 13.0 Å². The second-order valence-corrected chi connectivity index (χ2v) is 8.17. The van der Waals surface area contributed by atoms with Gasteiger partial charge in [0.15, 0.2) is 0 Å². The van der Waals surface area contributed by atoms with E-state index in [9.17, 15) is 9.59 Å². The van der Waals surface area contributed by atoms with Crippen molar-refractivity contribution in [3.05, 3.63) is 107 Å². The second kappa shape index (κ2) is 9.18. The predicted molar refractivity (Wildman–Crippen MR) is 123 cm³/mol. The first-order valence-corrected chi connectivity index (χ1v) is 10.7. The van der Waals surface area contributed by atoms with Crippen molar-refractivity contribution in [1.82, 2.24) is 0 Å². The quantitative estimate of drug-likeness (QED) is 0.292. The van der Waals surface area contributed by atoms with Crippen molar-refractivity contribution in [2.45, 2.75) is 38.4 Å². The van der Waals surface area contributed by atoms with Gasteiger partial charge in [0.05, 0.1) is 12.1 Å². The van der Waals surface area contributed by atoms with Gasteiger partial charge in [-0.1, -0.05) is 104 Å². The van der Waals surface area contributed by atoms with E-state index in [1.807, 2.05) is 60.7 Å². The highest BCUT2D eigenvalue weighted by molar-refractivity contribution is 6.20. The van der Waals surface area contributed by atoms with E-state index in [0.29, 0.717) is 17.2 Å². The molecule has 5 nitrogen and oxygen atoms in total. The molecule has 0 amide bonds. The van der Waals surface area contributed by atoms with Crippen LogP contribution in [0.4, 0.5) is 0 Å². The molecule has 32 heavy (non-hydrogen) atoms. The Morgan fingerprint density at radius 2 is 1.56 bits per heavy atom. The van der Waals surface area contributed by atoms with Crippen molar-refractivity contribution in [1.29, 1.82) is 0 Å². The van der Waals surface area contributed by atoms with E-state index >= 15 is 0 Å². The Morgan fingerprint density at radius 3 is 2.19 bits per heavy atom. The van der Waals surface area contributed by atoms with Gasteiger partial charge in [-0.3, -0.25) is 4.79 Å². The van der Waals surface area contributed by atoms with Crippen LogP contribution in [0.2, 0.25) is 0 Å². The lowest BCUT2D eigenvalue weighted by molar-refractivity contribution is -0.164. The third-order valence-electron chi connectivity index (χ3n) is 5.58. The van der Waals surface area contributed by atoms with Gasteiger partial charge in [-0.05, 0) is 22.6 Å². The first-order valence-electron chi connectivity index (χ1n) is 10.7. The lowest BCUT2D eigenvalue weighted by Crippen LogP contribution is -2.48. The molecule has 1 aliphatic rings. The lowest BCUT2D eigenvalue weighted by atomic mass is 9.86. The van der Waals surface area contributed by atoms with Crippen LogP contribution < -0.4 is 0 Å². The number of rotatable bonds is 7. The predicted octanol–water partition coefficient (Wildman–Crippen LogP) is 5.30. The lowest BCUT2D eigenvalue weighted by Gasteiger charge is -2.23. The van der Waals surface area contributed by atoms with Gasteiger partial charge in [-0.2, -0.15) is 0 Å². The number of nitrogens with zero attached hydrogens (tertiary/aromatic N) is 1. The molecule has 0 bridgehead atoms. The SMILES string of the molecule is CC(C)c1ccc(C2=NOC(C(=O)OCc3ccccc3)(C(=O)c3ccccc3)C2)cc1. The third-order valence-corrected chi connectivity index (χ3v) is 5.58. The Labute approximate surface area is 187 Å². The summed E-state index contributed by atoms with van der Waals surface area (Å²) in [6.07, 6.45) is 0.00930. The highest BCUT2D eigenvalue weighted by Gasteiger charge is 2.55. The van der Waals surface area contributed by atoms with Crippen LogP contribution in [0, 0.1) is 0 Å². The fourth-order valence-corrected chi connectivity index (χ4v) is 3.63. The maximum absolute atomic E-state index is 13.4. The second-order valence-electron chi connectivity index (χ2n) is 8.17. The summed E-state index contributed by atoms with van der Waals surface area (Å²) < 4.78 is 5.53. The van der Waals surface area contributed by atoms with E-state index in [2.05, 4.69) is 19.0 Å². The number of Topliss-reactive ketones (excluding diaryl/α,β-unsaturated/α-hetero) is 1. The van der Waals surface area contributed by atoms with E-state index in [0.717, 1.165) is 11.1 Å². The zero-order valence-corrected chi connectivity index (χ0v) is 18.2. The van der Waals surface area contributed by atoms with Crippen LogP contribution >= 0.6 is 0 Å². The minimum atomic E-state index is -1.85. The molecule has 0 saturated carbocycles. The molecule has 1 atom stereocenters. The molecule has 0 aliphatic carbocycles. The first-order chi connectivity index (χ1) is 15.5. The molecule has 1 heterocycles. The average Bonchev–Trinajstić information content (AvgIpc) is 3.30. The molecule has 3 aromatic carbocycles. The molecule has 162 valence electrons. The number of hydrogen-bond donors (Lipinski definition) is 0. The summed E-state index contributed by atoms with van der Waals surface area (Å²) in [6, 6.07) is 25.9. The van der Waals surface area contributed by atoms with E-state index in [4.69, 9.17) is 9.57 Å². The topological polar surface area (TPSA) is 65.0 Å². The van der Waals surface area contributed by atoms with Crippen molar-refractivity contribution in [2.75, 3.05) is 0 Å². The molecule has 0 spiro atoms. The van der Waals surface area contributed by atoms with Crippen LogP contribution in [-0.4, -0.2) is 23.1 Å². The number of carbonyl (C=O) groups is 2. The van der Waals surface area contributed by atoms with Crippen molar-refractivity contribution in [3.63, 3.8) is 0 Å². The van der Waals surface area contributed by atoms with Crippen LogP contribution in [0.5, 0.6) is 0 Å². The monoisotopic (exact) mass is 427 g/mol. The number of esters is 1. The van der Waals surface area contributed by atoms with Gasteiger partial charge in [0, 0.05) is 5.56 Å². The van der Waals surface area contributed by atoms with Crippen LogP contribution in [0.25, 0.3) is 0 Å². The van der Waals surface area contributed by atoms with Crippen molar-refractivity contribution < 1.29 is 19.2 Å². The Kier molecular flexibility index (Phi) is 6.17. The minimum absolute atomic E-state index is 0.00930. The fraction of sp³-hybridized carbons (Fsp3) is 0.222. The van der Waals surface area contributed by atoms with Crippen LogP contribution in [0.3, 0.4) is 0 Å². The highest BCUT2D eigenvalue weighted by atomic mass is 16.7. The number of ketones is 1. The average molecular weight is 428 g/mol. The zero-order chi connectivity index (χ0) is 22.6. The Morgan fingerprint density at radius 1 is 0.938 bits per heavy atom. The summed E-state index contributed by atoms with van der Waals surface area (Å²) >= 11 is 0. The first kappa shape index (κ1) is 21.5. The molecule has 0 fully saturated rings. The van der Waals surface area contributed by atoms with Crippen LogP contribution in [0.15, 0.2) is 90.1 Å². The van der Waals surface area contributed by atoms with Gasteiger partial charge < -0.3 is 9.57 Å². The maximum atomic E-state index is 13.4. The number of hydrogen-bond acceptors (Lipinski definition) is 5. The summed E-state index contributed by atoms with van der Waals surface area (Å²) in [5.41, 5.74) is 1.90. The van der Waals surface area contributed by atoms with Crippen molar-refractivity contribution in [2.24, 2.45) is 5.16 Å². The van der Waals surface area contributed by atoms with Gasteiger partial charge in [0.2, 0.25) is 5.78 Å². The molecule has 5 heteroatoms. The number of carbonyl (C=O) groups excluding carboxylic acids is 2. The molecule has 1 aliphatic heterocycles. The summed E-state index contributed by atoms with van der Waals surface area (Å²) in [7, 11) is 0. The molecule has 0 aromatic heterocycles. The molecule has 3 aromatic rings. The van der Waals surface area contributed by atoms with Gasteiger partial charge in [0.25, 0.3) is 0 Å². The Balaban J connectivity index is 1.60. The third kappa shape index (κ3) is 4.33. The molecule has 0 radical (unpaired) electrons. The molecular formula is C27H25NO4. The summed E-state index contributed by atoms with van der Waals surface area (Å²) in [5.74, 6) is -0.806. The number of benzene rings is 3. The summed E-state index contributed by atoms with van der Waals surface area (Å²) in [5, 5.41) is 4.15. The molecule has 0 saturated heterocycles. The summed E-state index contributed by atoms with van der Waals surface area (Å²) in [4.78, 5) is 32.3. The number of ether oxygens (including phenoxy) is 1. The minimum Gasteiger partial charge on any atom is -0.457 e. The standard InChI is InChI=1S/C27H25NO4/c1-19(2)21-13-15-22(16-14-21)24-17-27(32-28-24,25(29)23-11-7-4-8-12-23)26(30)31-18-20-9-5-3-6-10-20/h3-16,19H,17-18H2,1-2H3. The van der Waals surface area contributed by atoms with Crippen molar-refractivity contribution in [3.8, 4) is 0 Å². The molecule has 0 N–H and O–H groups in total. The van der Waals surface area contributed by atoms with Crippen LogP contribution in [0.1, 0.15) is 53.2 Å². The smallest absolute Gasteiger partial charge is 0.362 e. The van der Waals surface area contributed by atoms with E-state index in [1.165, 1.54) is 5.56 Å². The fourth-order valence-electron chi connectivity index (χ4n) is 3.63. The maximum Gasteiger partial charge on any atom is 0.362 e. The molecule has 4 rings (SSSR count). The Hall–Kier alpha value is -3.73. The van der Waals surface area contributed by atoms with Gasteiger partial charge in [0.1, 0.15) is 6.61 Å². The largest absolute Gasteiger partial charge is 0.457 e. The Bertz CT molecular complexity index is 1120. The zero-order valence-electron chi connectivity index (χ0n) is 18.2. The molecular weight excluding hydrogens is 402 g/mol. The highest BCUT2D eigenvalue weighted by Crippen LogP contribution is 2.33. The van der Waals surface area contributed by atoms with Gasteiger partial charge >= 0.3 is 11.6 Å². The molecule has 1 unspecified atom stereocenters. The van der Waals surface area contributed by atoms with Gasteiger partial charge in [-0.15, -0.1) is 0 Å². The van der Waals surface area contributed by atoms with Crippen LogP contribution in [-0.2, 0) is 21.0 Å². The van der Waals surface area contributed by atoms with Gasteiger partial charge in [-0.25, -0.2) is 4.79 Å².